The van der Waals surface area contributed by atoms with E-state index >= 15 is 0 Å². The molecule has 1 fully saturated rings. The molecule has 18 heavy (non-hydrogen) atoms. The Kier molecular flexibility index (Phi) is 5.45. The van der Waals surface area contributed by atoms with Crippen LogP contribution in [-0.4, -0.2) is 38.1 Å². The molecule has 1 saturated heterocycles. The van der Waals surface area contributed by atoms with Crippen LogP contribution in [0.3, 0.4) is 0 Å². The minimum Gasteiger partial charge on any atom is -0.292 e. The second-order valence-corrected chi connectivity index (χ2v) is 5.34. The topological polar surface area (TPSA) is 34.0 Å². The van der Waals surface area contributed by atoms with Gasteiger partial charge in [-0.25, -0.2) is 9.67 Å². The smallest absolute Gasteiger partial charge is 0.141 e. The van der Waals surface area contributed by atoms with E-state index in [0.29, 0.717) is 6.04 Å². The average molecular weight is 271 g/mol. The van der Waals surface area contributed by atoms with Gasteiger partial charge < -0.3 is 0 Å². The van der Waals surface area contributed by atoms with Crippen molar-refractivity contribution < 1.29 is 0 Å². The standard InChI is InChI=1S/C13H23ClN4/c1-2-7-18-13(15-11-16-18)10-17-8-5-3-4-6-12(17)9-14/h11-12H,2-10H2,1H3. The summed E-state index contributed by atoms with van der Waals surface area (Å²) in [5.41, 5.74) is 0. The van der Waals surface area contributed by atoms with Gasteiger partial charge in [0.25, 0.3) is 0 Å². The lowest BCUT2D eigenvalue weighted by atomic mass is 10.1. The highest BCUT2D eigenvalue weighted by Crippen LogP contribution is 2.19. The first-order chi connectivity index (χ1) is 8.85. The van der Waals surface area contributed by atoms with Gasteiger partial charge in [0, 0.05) is 18.5 Å². The van der Waals surface area contributed by atoms with E-state index in [2.05, 4.69) is 21.9 Å². The van der Waals surface area contributed by atoms with E-state index in [4.69, 9.17) is 11.6 Å². The second kappa shape index (κ2) is 7.10. The molecular formula is C13H23ClN4. The molecule has 5 heteroatoms. The zero-order valence-electron chi connectivity index (χ0n) is 11.2. The number of likely N-dealkylation sites (tertiary alicyclic amines) is 1. The maximum absolute atomic E-state index is 6.10. The maximum Gasteiger partial charge on any atom is 0.141 e. The van der Waals surface area contributed by atoms with E-state index in [1.165, 1.54) is 25.7 Å². The predicted molar refractivity (Wildman–Crippen MR) is 73.7 cm³/mol. The van der Waals surface area contributed by atoms with Gasteiger partial charge in [-0.05, 0) is 25.8 Å². The number of alkyl halides is 1. The summed E-state index contributed by atoms with van der Waals surface area (Å²) in [5, 5.41) is 4.29. The SMILES string of the molecule is CCCn1ncnc1CN1CCCCCC1CCl. The summed E-state index contributed by atoms with van der Waals surface area (Å²) < 4.78 is 2.02. The highest BCUT2D eigenvalue weighted by molar-refractivity contribution is 6.18. The number of nitrogens with zero attached hydrogens (tertiary/aromatic N) is 4. The Morgan fingerprint density at radius 2 is 2.28 bits per heavy atom. The lowest BCUT2D eigenvalue weighted by Gasteiger charge is -2.27. The molecule has 0 amide bonds. The Balaban J connectivity index is 2.03. The third-order valence-corrected chi connectivity index (χ3v) is 4.01. The molecule has 1 aromatic rings. The molecule has 0 radical (unpaired) electrons. The molecule has 4 nitrogen and oxygen atoms in total. The van der Waals surface area contributed by atoms with Crippen molar-refractivity contribution in [2.75, 3.05) is 12.4 Å². The summed E-state index contributed by atoms with van der Waals surface area (Å²) >= 11 is 6.10. The Bertz CT molecular complexity index is 353. The van der Waals surface area contributed by atoms with Crippen molar-refractivity contribution in [3.8, 4) is 0 Å². The molecule has 0 aliphatic carbocycles. The number of aryl methyl sites for hydroxylation is 1. The minimum absolute atomic E-state index is 0.501. The van der Waals surface area contributed by atoms with Crippen molar-refractivity contribution in [3.63, 3.8) is 0 Å². The van der Waals surface area contributed by atoms with Gasteiger partial charge in [0.1, 0.15) is 12.2 Å². The van der Waals surface area contributed by atoms with Crippen LogP contribution in [0.5, 0.6) is 0 Å². The van der Waals surface area contributed by atoms with Crippen molar-refractivity contribution in [1.29, 1.82) is 0 Å². The van der Waals surface area contributed by atoms with Crippen molar-refractivity contribution in [2.24, 2.45) is 0 Å². The van der Waals surface area contributed by atoms with Gasteiger partial charge in [-0.1, -0.05) is 19.8 Å². The summed E-state index contributed by atoms with van der Waals surface area (Å²) in [5.74, 6) is 1.80. The van der Waals surface area contributed by atoms with Crippen LogP contribution in [0.25, 0.3) is 0 Å². The molecule has 0 saturated carbocycles. The summed E-state index contributed by atoms with van der Waals surface area (Å²) in [6.07, 6.45) is 7.87. The second-order valence-electron chi connectivity index (χ2n) is 5.03. The molecule has 0 bridgehead atoms. The molecule has 1 aliphatic heterocycles. The fourth-order valence-electron chi connectivity index (χ4n) is 2.61. The van der Waals surface area contributed by atoms with Crippen molar-refractivity contribution in [1.82, 2.24) is 19.7 Å². The van der Waals surface area contributed by atoms with Crippen molar-refractivity contribution in [3.05, 3.63) is 12.2 Å². The van der Waals surface area contributed by atoms with Gasteiger partial charge >= 0.3 is 0 Å². The number of hydrogen-bond donors (Lipinski definition) is 0. The van der Waals surface area contributed by atoms with Crippen LogP contribution in [0.1, 0.15) is 44.9 Å². The highest BCUT2D eigenvalue weighted by atomic mass is 35.5. The molecule has 2 heterocycles. The molecule has 1 aromatic heterocycles. The number of rotatable bonds is 5. The number of halogens is 1. The normalized spacial score (nSPS) is 22.0. The van der Waals surface area contributed by atoms with Crippen LogP contribution in [-0.2, 0) is 13.1 Å². The first kappa shape index (κ1) is 13.8. The molecule has 1 atom stereocenters. The van der Waals surface area contributed by atoms with Crippen LogP contribution < -0.4 is 0 Å². The highest BCUT2D eigenvalue weighted by Gasteiger charge is 2.21. The van der Waals surface area contributed by atoms with Gasteiger partial charge in [-0.3, -0.25) is 4.90 Å². The molecule has 1 unspecified atom stereocenters. The van der Waals surface area contributed by atoms with E-state index in [9.17, 15) is 0 Å². The minimum atomic E-state index is 0.501. The third-order valence-electron chi connectivity index (χ3n) is 3.65. The zero-order chi connectivity index (χ0) is 12.8. The lowest BCUT2D eigenvalue weighted by molar-refractivity contribution is 0.198. The van der Waals surface area contributed by atoms with E-state index in [1.807, 2.05) is 4.68 Å². The molecule has 2 rings (SSSR count). The van der Waals surface area contributed by atoms with Crippen molar-refractivity contribution in [2.45, 2.75) is 58.2 Å². The predicted octanol–water partition coefficient (Wildman–Crippen LogP) is 2.67. The molecule has 0 N–H and O–H groups in total. The fourth-order valence-corrected chi connectivity index (χ4v) is 2.96. The van der Waals surface area contributed by atoms with Crippen LogP contribution in [0.15, 0.2) is 6.33 Å². The molecule has 1 aliphatic rings. The van der Waals surface area contributed by atoms with Gasteiger partial charge in [0.05, 0.1) is 6.54 Å². The van der Waals surface area contributed by atoms with E-state index in [0.717, 1.165) is 37.8 Å². The lowest BCUT2D eigenvalue weighted by Crippen LogP contribution is -2.36. The molecule has 0 aromatic carbocycles. The fraction of sp³-hybridized carbons (Fsp3) is 0.846. The third kappa shape index (κ3) is 3.45. The summed E-state index contributed by atoms with van der Waals surface area (Å²) in [7, 11) is 0. The summed E-state index contributed by atoms with van der Waals surface area (Å²) in [6, 6.07) is 0.501. The van der Waals surface area contributed by atoms with Crippen LogP contribution in [0, 0.1) is 0 Å². The maximum atomic E-state index is 6.10. The first-order valence-electron chi connectivity index (χ1n) is 7.01. The Morgan fingerprint density at radius 1 is 1.39 bits per heavy atom. The van der Waals surface area contributed by atoms with Crippen molar-refractivity contribution >= 4 is 11.6 Å². The van der Waals surface area contributed by atoms with Gasteiger partial charge in [-0.2, -0.15) is 5.10 Å². The van der Waals surface area contributed by atoms with E-state index < -0.39 is 0 Å². The largest absolute Gasteiger partial charge is 0.292 e. The van der Waals surface area contributed by atoms with E-state index in [1.54, 1.807) is 6.33 Å². The van der Waals surface area contributed by atoms with E-state index in [-0.39, 0.29) is 0 Å². The van der Waals surface area contributed by atoms with Crippen LogP contribution in [0.2, 0.25) is 0 Å². The zero-order valence-corrected chi connectivity index (χ0v) is 11.9. The Hall–Kier alpha value is -0.610. The molecular weight excluding hydrogens is 248 g/mol. The Labute approximate surface area is 114 Å². The van der Waals surface area contributed by atoms with Gasteiger partial charge in [0.15, 0.2) is 0 Å². The monoisotopic (exact) mass is 270 g/mol. The molecule has 102 valence electrons. The van der Waals surface area contributed by atoms with Gasteiger partial charge in [-0.15, -0.1) is 11.6 Å². The number of aromatic nitrogens is 3. The quantitative estimate of drug-likeness (QED) is 0.772. The summed E-state index contributed by atoms with van der Waals surface area (Å²) in [6.45, 7) is 5.14. The van der Waals surface area contributed by atoms with Crippen LogP contribution in [0.4, 0.5) is 0 Å². The van der Waals surface area contributed by atoms with Crippen LogP contribution >= 0.6 is 11.6 Å². The summed E-state index contributed by atoms with van der Waals surface area (Å²) in [4.78, 5) is 6.88. The first-order valence-corrected chi connectivity index (χ1v) is 7.55. The average Bonchev–Trinajstić information content (AvgIpc) is 2.68. The Morgan fingerprint density at radius 3 is 3.06 bits per heavy atom. The molecule has 0 spiro atoms. The number of hydrogen-bond acceptors (Lipinski definition) is 3. The van der Waals surface area contributed by atoms with Gasteiger partial charge in [0.2, 0.25) is 0 Å².